The van der Waals surface area contributed by atoms with Crippen molar-refractivity contribution in [2.24, 2.45) is 5.73 Å². The van der Waals surface area contributed by atoms with E-state index in [4.69, 9.17) is 5.73 Å². The van der Waals surface area contributed by atoms with E-state index >= 15 is 0 Å². The van der Waals surface area contributed by atoms with Gasteiger partial charge in [-0.05, 0) is 42.9 Å². The van der Waals surface area contributed by atoms with Gasteiger partial charge in [0.1, 0.15) is 0 Å². The molecule has 0 saturated heterocycles. The van der Waals surface area contributed by atoms with Crippen LogP contribution in [0.4, 0.5) is 0 Å². The van der Waals surface area contributed by atoms with E-state index in [0.717, 1.165) is 13.0 Å². The number of hydrogen-bond donors (Lipinski definition) is 1. The number of fused-ring (bicyclic) bond motifs is 1. The van der Waals surface area contributed by atoms with Crippen LogP contribution in [0.1, 0.15) is 28.7 Å². The first-order valence-electron chi connectivity index (χ1n) is 7.07. The Bertz CT molecular complexity index is 588. The molecule has 2 aromatic carbocycles. The highest BCUT2D eigenvalue weighted by Gasteiger charge is 2.37. The summed E-state index contributed by atoms with van der Waals surface area (Å²) in [7, 11) is 0. The number of benzene rings is 2. The summed E-state index contributed by atoms with van der Waals surface area (Å²) < 4.78 is 0. The molecule has 1 aliphatic carbocycles. The fraction of sp³-hybridized carbons (Fsp3) is 0.333. The first-order chi connectivity index (χ1) is 9.23. The molecule has 0 aromatic heterocycles. The van der Waals surface area contributed by atoms with Crippen molar-refractivity contribution in [3.8, 4) is 0 Å². The number of aryl methyl sites for hydroxylation is 2. The summed E-state index contributed by atoms with van der Waals surface area (Å²) in [5.74, 6) is 0. The molecule has 98 valence electrons. The number of nitrogens with two attached hydrogens (primary N) is 1. The minimum atomic E-state index is 0.143. The van der Waals surface area contributed by atoms with E-state index in [0.29, 0.717) is 0 Å². The van der Waals surface area contributed by atoms with Gasteiger partial charge in [0.15, 0.2) is 0 Å². The maximum absolute atomic E-state index is 6.17. The molecule has 1 nitrogen and oxygen atoms in total. The topological polar surface area (TPSA) is 26.0 Å². The molecule has 2 aromatic rings. The fourth-order valence-electron chi connectivity index (χ4n) is 3.44. The van der Waals surface area contributed by atoms with Gasteiger partial charge >= 0.3 is 0 Å². The van der Waals surface area contributed by atoms with Gasteiger partial charge in [-0.15, -0.1) is 0 Å². The summed E-state index contributed by atoms with van der Waals surface area (Å²) in [6, 6.07) is 17.6. The van der Waals surface area contributed by atoms with E-state index in [9.17, 15) is 0 Å². The lowest BCUT2D eigenvalue weighted by Gasteiger charge is -2.29. The van der Waals surface area contributed by atoms with Crippen LogP contribution in [0.5, 0.6) is 0 Å². The number of rotatable bonds is 3. The van der Waals surface area contributed by atoms with Crippen LogP contribution in [0.15, 0.2) is 48.5 Å². The highest BCUT2D eigenvalue weighted by atomic mass is 14.6. The molecule has 2 N–H and O–H groups in total. The molecule has 1 atom stereocenters. The zero-order chi connectivity index (χ0) is 13.3. The van der Waals surface area contributed by atoms with Crippen LogP contribution < -0.4 is 5.73 Å². The van der Waals surface area contributed by atoms with Crippen molar-refractivity contribution < 1.29 is 0 Å². The summed E-state index contributed by atoms with van der Waals surface area (Å²) in [5.41, 5.74) is 12.0. The molecule has 1 heteroatoms. The zero-order valence-electron chi connectivity index (χ0n) is 11.5. The Hall–Kier alpha value is -1.60. The molecule has 3 rings (SSSR count). The van der Waals surface area contributed by atoms with E-state index in [1.165, 1.54) is 35.1 Å². The maximum Gasteiger partial charge on any atom is 0.0122 e. The Balaban J connectivity index is 1.98. The molecule has 0 fully saturated rings. The standard InChI is InChI=1S/C18H21N/c1-14-5-4-6-15(11-14)12-18(13-19)10-9-16-7-2-3-8-17(16)18/h2-8,11H,9-10,12-13,19H2,1H3. The van der Waals surface area contributed by atoms with Crippen LogP contribution in [-0.2, 0) is 18.3 Å². The lowest BCUT2D eigenvalue weighted by atomic mass is 9.76. The van der Waals surface area contributed by atoms with Gasteiger partial charge in [-0.1, -0.05) is 54.1 Å². The molecule has 0 bridgehead atoms. The Labute approximate surface area is 115 Å². The van der Waals surface area contributed by atoms with E-state index in [1.54, 1.807) is 0 Å². The van der Waals surface area contributed by atoms with Crippen molar-refractivity contribution in [2.75, 3.05) is 6.54 Å². The van der Waals surface area contributed by atoms with Crippen molar-refractivity contribution in [3.05, 3.63) is 70.8 Å². The van der Waals surface area contributed by atoms with Crippen LogP contribution in [0.25, 0.3) is 0 Å². The molecule has 1 aliphatic rings. The smallest absolute Gasteiger partial charge is 0.0122 e. The van der Waals surface area contributed by atoms with E-state index in [2.05, 4.69) is 55.5 Å². The van der Waals surface area contributed by atoms with Gasteiger partial charge in [0.25, 0.3) is 0 Å². The van der Waals surface area contributed by atoms with E-state index < -0.39 is 0 Å². The second kappa shape index (κ2) is 4.82. The van der Waals surface area contributed by atoms with Crippen LogP contribution in [0.3, 0.4) is 0 Å². The average molecular weight is 251 g/mol. The molecule has 0 amide bonds. The maximum atomic E-state index is 6.17. The van der Waals surface area contributed by atoms with Crippen molar-refractivity contribution in [3.63, 3.8) is 0 Å². The molecule has 19 heavy (non-hydrogen) atoms. The first kappa shape index (κ1) is 12.4. The third-order valence-corrected chi connectivity index (χ3v) is 4.48. The van der Waals surface area contributed by atoms with Crippen LogP contribution >= 0.6 is 0 Å². The largest absolute Gasteiger partial charge is 0.330 e. The van der Waals surface area contributed by atoms with Crippen molar-refractivity contribution >= 4 is 0 Å². The second-order valence-electron chi connectivity index (χ2n) is 5.81. The number of hydrogen-bond acceptors (Lipinski definition) is 1. The Morgan fingerprint density at radius 1 is 1.11 bits per heavy atom. The molecular formula is C18H21N. The highest BCUT2D eigenvalue weighted by molar-refractivity contribution is 5.41. The van der Waals surface area contributed by atoms with Crippen LogP contribution in [0, 0.1) is 6.92 Å². The zero-order valence-corrected chi connectivity index (χ0v) is 11.5. The lowest BCUT2D eigenvalue weighted by molar-refractivity contribution is 0.431. The van der Waals surface area contributed by atoms with Gasteiger partial charge in [0.2, 0.25) is 0 Å². The minimum Gasteiger partial charge on any atom is -0.330 e. The lowest BCUT2D eigenvalue weighted by Crippen LogP contribution is -2.35. The average Bonchev–Trinajstić information content (AvgIpc) is 2.79. The normalized spacial score (nSPS) is 21.4. The summed E-state index contributed by atoms with van der Waals surface area (Å²) in [6.45, 7) is 2.89. The third kappa shape index (κ3) is 2.19. The Morgan fingerprint density at radius 2 is 1.95 bits per heavy atom. The molecule has 0 heterocycles. The summed E-state index contributed by atoms with van der Waals surface area (Å²) in [6.07, 6.45) is 3.40. The highest BCUT2D eigenvalue weighted by Crippen LogP contribution is 2.40. The van der Waals surface area contributed by atoms with E-state index in [1.807, 2.05) is 0 Å². The second-order valence-corrected chi connectivity index (χ2v) is 5.81. The summed E-state index contributed by atoms with van der Waals surface area (Å²) in [5, 5.41) is 0. The van der Waals surface area contributed by atoms with Crippen molar-refractivity contribution in [1.82, 2.24) is 0 Å². The van der Waals surface area contributed by atoms with Crippen LogP contribution in [0.2, 0.25) is 0 Å². The Kier molecular flexibility index (Phi) is 3.16. The third-order valence-electron chi connectivity index (χ3n) is 4.48. The molecule has 0 spiro atoms. The monoisotopic (exact) mass is 251 g/mol. The van der Waals surface area contributed by atoms with Gasteiger partial charge in [-0.3, -0.25) is 0 Å². The predicted molar refractivity (Wildman–Crippen MR) is 80.4 cm³/mol. The summed E-state index contributed by atoms with van der Waals surface area (Å²) in [4.78, 5) is 0. The molecular weight excluding hydrogens is 230 g/mol. The molecule has 1 unspecified atom stereocenters. The van der Waals surface area contributed by atoms with Gasteiger partial charge in [0.05, 0.1) is 0 Å². The van der Waals surface area contributed by atoms with Gasteiger partial charge in [-0.25, -0.2) is 0 Å². The molecule has 0 saturated carbocycles. The Morgan fingerprint density at radius 3 is 2.74 bits per heavy atom. The van der Waals surface area contributed by atoms with Gasteiger partial charge in [0, 0.05) is 12.0 Å². The quantitative estimate of drug-likeness (QED) is 0.889. The molecule has 0 aliphatic heterocycles. The minimum absolute atomic E-state index is 0.143. The predicted octanol–water partition coefficient (Wildman–Crippen LogP) is 3.38. The van der Waals surface area contributed by atoms with Crippen molar-refractivity contribution in [1.29, 1.82) is 0 Å². The molecule has 0 radical (unpaired) electrons. The first-order valence-corrected chi connectivity index (χ1v) is 7.07. The van der Waals surface area contributed by atoms with Crippen LogP contribution in [-0.4, -0.2) is 6.54 Å². The summed E-state index contributed by atoms with van der Waals surface area (Å²) >= 11 is 0. The van der Waals surface area contributed by atoms with Gasteiger partial charge in [-0.2, -0.15) is 0 Å². The SMILES string of the molecule is Cc1cccc(CC2(CN)CCc3ccccc32)c1. The van der Waals surface area contributed by atoms with Crippen molar-refractivity contribution in [2.45, 2.75) is 31.6 Å². The van der Waals surface area contributed by atoms with E-state index in [-0.39, 0.29) is 5.41 Å². The fourth-order valence-corrected chi connectivity index (χ4v) is 3.44. The van der Waals surface area contributed by atoms with Gasteiger partial charge < -0.3 is 5.73 Å².